The third-order valence-electron chi connectivity index (χ3n) is 2.36. The summed E-state index contributed by atoms with van der Waals surface area (Å²) < 4.78 is 37.7. The van der Waals surface area contributed by atoms with E-state index in [1.165, 1.54) is 0 Å². The highest BCUT2D eigenvalue weighted by molar-refractivity contribution is 7.71. The molecule has 0 bridgehead atoms. The first-order chi connectivity index (χ1) is 8.36. The van der Waals surface area contributed by atoms with E-state index in [0.717, 1.165) is 11.6 Å². The van der Waals surface area contributed by atoms with Crippen molar-refractivity contribution in [2.75, 3.05) is 0 Å². The second-order valence-electron chi connectivity index (χ2n) is 3.85. The zero-order valence-electron chi connectivity index (χ0n) is 9.38. The van der Waals surface area contributed by atoms with E-state index in [2.05, 4.69) is 9.97 Å². The van der Waals surface area contributed by atoms with E-state index in [1.807, 2.05) is 13.0 Å². The van der Waals surface area contributed by atoms with Crippen molar-refractivity contribution in [3.63, 3.8) is 0 Å². The lowest BCUT2D eigenvalue weighted by Crippen LogP contribution is -2.09. The summed E-state index contributed by atoms with van der Waals surface area (Å²) in [7, 11) is 0. The molecule has 1 N–H and O–H groups in total. The molecule has 2 nitrogen and oxygen atoms in total. The molecule has 0 radical (unpaired) electrons. The SMILES string of the molecule is Cc1cccc(-c2cc(C(F)(F)F)[nH]c(=S)n2)c1. The molecule has 18 heavy (non-hydrogen) atoms. The Labute approximate surface area is 107 Å². The van der Waals surface area contributed by atoms with E-state index in [0.29, 0.717) is 5.56 Å². The van der Waals surface area contributed by atoms with Crippen LogP contribution in [0.25, 0.3) is 11.3 Å². The molecule has 0 saturated heterocycles. The minimum Gasteiger partial charge on any atom is -0.327 e. The van der Waals surface area contributed by atoms with E-state index in [4.69, 9.17) is 12.2 Å². The highest BCUT2D eigenvalue weighted by Crippen LogP contribution is 2.29. The molecule has 1 aromatic heterocycles. The number of aromatic nitrogens is 2. The number of hydrogen-bond acceptors (Lipinski definition) is 2. The van der Waals surface area contributed by atoms with Crippen LogP contribution in [0.5, 0.6) is 0 Å². The average molecular weight is 270 g/mol. The van der Waals surface area contributed by atoms with Crippen molar-refractivity contribution in [2.24, 2.45) is 0 Å². The maximum atomic E-state index is 12.6. The summed E-state index contributed by atoms with van der Waals surface area (Å²) in [6.45, 7) is 1.86. The predicted molar refractivity (Wildman–Crippen MR) is 64.6 cm³/mol. The van der Waals surface area contributed by atoms with Gasteiger partial charge in [-0.15, -0.1) is 0 Å². The normalized spacial score (nSPS) is 11.6. The standard InChI is InChI=1S/C12H9F3N2S/c1-7-3-2-4-8(5-7)9-6-10(12(13,14)15)17-11(18)16-9/h2-6H,1H3,(H,16,17,18). The second-order valence-corrected chi connectivity index (χ2v) is 4.24. The molecule has 2 aromatic rings. The molecule has 0 aliphatic heterocycles. The van der Waals surface area contributed by atoms with Crippen LogP contribution >= 0.6 is 12.2 Å². The molecular weight excluding hydrogens is 261 g/mol. The van der Waals surface area contributed by atoms with Crippen molar-refractivity contribution >= 4 is 12.2 Å². The van der Waals surface area contributed by atoms with Crippen molar-refractivity contribution in [3.8, 4) is 11.3 Å². The van der Waals surface area contributed by atoms with E-state index in [1.54, 1.807) is 18.2 Å². The molecule has 0 aliphatic rings. The van der Waals surface area contributed by atoms with Gasteiger partial charge in [-0.25, -0.2) is 4.98 Å². The summed E-state index contributed by atoms with van der Waals surface area (Å²) in [6, 6.07) is 8.04. The summed E-state index contributed by atoms with van der Waals surface area (Å²) in [5.41, 5.74) is 0.885. The summed E-state index contributed by atoms with van der Waals surface area (Å²) >= 11 is 4.72. The van der Waals surface area contributed by atoms with Gasteiger partial charge in [-0.1, -0.05) is 23.8 Å². The molecule has 0 unspecified atom stereocenters. The minimum absolute atomic E-state index is 0.179. The smallest absolute Gasteiger partial charge is 0.327 e. The Bertz CT molecular complexity index is 632. The van der Waals surface area contributed by atoms with Crippen LogP contribution in [-0.4, -0.2) is 9.97 Å². The largest absolute Gasteiger partial charge is 0.431 e. The van der Waals surface area contributed by atoms with Gasteiger partial charge in [0.2, 0.25) is 0 Å². The van der Waals surface area contributed by atoms with E-state index in [-0.39, 0.29) is 10.5 Å². The predicted octanol–water partition coefficient (Wildman–Crippen LogP) is 4.13. The number of H-pyrrole nitrogens is 1. The van der Waals surface area contributed by atoms with Crippen LogP contribution in [0.15, 0.2) is 30.3 Å². The zero-order chi connectivity index (χ0) is 13.3. The van der Waals surface area contributed by atoms with E-state index < -0.39 is 11.9 Å². The van der Waals surface area contributed by atoms with Gasteiger partial charge in [-0.3, -0.25) is 0 Å². The summed E-state index contributed by atoms with van der Waals surface area (Å²) in [5, 5.41) is 0. The third kappa shape index (κ3) is 2.76. The maximum Gasteiger partial charge on any atom is 0.431 e. The highest BCUT2D eigenvalue weighted by Gasteiger charge is 2.32. The van der Waals surface area contributed by atoms with Crippen LogP contribution in [0.4, 0.5) is 13.2 Å². The number of halogens is 3. The Balaban J connectivity index is 2.59. The maximum absolute atomic E-state index is 12.6. The van der Waals surface area contributed by atoms with Crippen molar-refractivity contribution in [1.29, 1.82) is 0 Å². The number of alkyl halides is 3. The molecule has 2 rings (SSSR count). The molecule has 0 saturated carbocycles. The van der Waals surface area contributed by atoms with Crippen LogP contribution in [0, 0.1) is 11.7 Å². The van der Waals surface area contributed by atoms with Gasteiger partial charge < -0.3 is 4.98 Å². The first-order valence-electron chi connectivity index (χ1n) is 5.12. The van der Waals surface area contributed by atoms with Gasteiger partial charge in [0.1, 0.15) is 5.69 Å². The molecule has 1 aromatic carbocycles. The monoisotopic (exact) mass is 270 g/mol. The lowest BCUT2D eigenvalue weighted by atomic mass is 10.1. The Kier molecular flexibility index (Phi) is 3.21. The molecule has 0 aliphatic carbocycles. The lowest BCUT2D eigenvalue weighted by molar-refractivity contribution is -0.141. The van der Waals surface area contributed by atoms with Gasteiger partial charge in [0, 0.05) is 5.56 Å². The first kappa shape index (κ1) is 12.8. The van der Waals surface area contributed by atoms with Gasteiger partial charge >= 0.3 is 6.18 Å². The number of aryl methyl sites for hydroxylation is 1. The van der Waals surface area contributed by atoms with E-state index >= 15 is 0 Å². The molecule has 1 heterocycles. The molecular formula is C12H9F3N2S. The first-order valence-corrected chi connectivity index (χ1v) is 5.53. The van der Waals surface area contributed by atoms with Crippen LogP contribution < -0.4 is 0 Å². The van der Waals surface area contributed by atoms with Crippen molar-refractivity contribution in [3.05, 3.63) is 46.4 Å². The molecule has 0 fully saturated rings. The third-order valence-corrected chi connectivity index (χ3v) is 2.56. The summed E-state index contributed by atoms with van der Waals surface area (Å²) in [6.07, 6.45) is -4.46. The summed E-state index contributed by atoms with van der Waals surface area (Å²) in [4.78, 5) is 5.97. The topological polar surface area (TPSA) is 28.7 Å². The van der Waals surface area contributed by atoms with Crippen LogP contribution in [-0.2, 0) is 6.18 Å². The second kappa shape index (κ2) is 4.53. The van der Waals surface area contributed by atoms with Crippen molar-refractivity contribution in [2.45, 2.75) is 13.1 Å². The molecule has 0 atom stereocenters. The average Bonchev–Trinajstić information content (AvgIpc) is 2.27. The Hall–Kier alpha value is -1.69. The van der Waals surface area contributed by atoms with Gasteiger partial charge in [-0.2, -0.15) is 13.2 Å². The zero-order valence-corrected chi connectivity index (χ0v) is 10.2. The number of benzene rings is 1. The van der Waals surface area contributed by atoms with Crippen LogP contribution in [0.1, 0.15) is 11.3 Å². The minimum atomic E-state index is -4.46. The quantitative estimate of drug-likeness (QED) is 0.789. The Morgan fingerprint density at radius 2 is 1.94 bits per heavy atom. The van der Waals surface area contributed by atoms with Gasteiger partial charge in [0.25, 0.3) is 0 Å². The Morgan fingerprint density at radius 1 is 1.22 bits per heavy atom. The molecule has 6 heteroatoms. The molecule has 0 spiro atoms. The number of hydrogen-bond donors (Lipinski definition) is 1. The van der Waals surface area contributed by atoms with Crippen LogP contribution in [0.3, 0.4) is 0 Å². The molecule has 94 valence electrons. The fourth-order valence-electron chi connectivity index (χ4n) is 1.56. The number of rotatable bonds is 1. The molecule has 0 amide bonds. The van der Waals surface area contributed by atoms with E-state index in [9.17, 15) is 13.2 Å². The number of nitrogens with one attached hydrogen (secondary N) is 1. The fourth-order valence-corrected chi connectivity index (χ4v) is 1.77. The van der Waals surface area contributed by atoms with Crippen LogP contribution in [0.2, 0.25) is 0 Å². The fraction of sp³-hybridized carbons (Fsp3) is 0.167. The number of aromatic amines is 1. The summed E-state index contributed by atoms with van der Waals surface area (Å²) in [5.74, 6) is 0. The van der Waals surface area contributed by atoms with Gasteiger partial charge in [0.05, 0.1) is 5.69 Å². The Morgan fingerprint density at radius 3 is 2.56 bits per heavy atom. The lowest BCUT2D eigenvalue weighted by Gasteiger charge is -2.08. The van der Waals surface area contributed by atoms with Crippen molar-refractivity contribution < 1.29 is 13.2 Å². The van der Waals surface area contributed by atoms with Gasteiger partial charge in [-0.05, 0) is 31.3 Å². The van der Waals surface area contributed by atoms with Crippen molar-refractivity contribution in [1.82, 2.24) is 9.97 Å². The van der Waals surface area contributed by atoms with Gasteiger partial charge in [0.15, 0.2) is 4.77 Å². The number of nitrogens with zero attached hydrogens (tertiary/aromatic N) is 1. The highest BCUT2D eigenvalue weighted by atomic mass is 32.1.